The van der Waals surface area contributed by atoms with Crippen LogP contribution in [0.15, 0.2) is 67.1 Å². The summed E-state index contributed by atoms with van der Waals surface area (Å²) in [6, 6.07) is 16.4. The normalized spacial score (nSPS) is 12.0. The molecular weight excluding hydrogens is 260 g/mol. The molecule has 1 unspecified atom stereocenters. The molecule has 0 aliphatic heterocycles. The number of rotatable bonds is 5. The summed E-state index contributed by atoms with van der Waals surface area (Å²) in [6.45, 7) is 2.87. The summed E-state index contributed by atoms with van der Waals surface area (Å²) in [4.78, 5) is 4.40. The molecule has 4 nitrogen and oxygen atoms in total. The van der Waals surface area contributed by atoms with Gasteiger partial charge in [0, 0.05) is 24.3 Å². The second-order valence-corrected chi connectivity index (χ2v) is 4.98. The number of para-hydroxylation sites is 1. The molecule has 0 radical (unpaired) electrons. The van der Waals surface area contributed by atoms with Crippen LogP contribution in [0.3, 0.4) is 0 Å². The minimum Gasteiger partial charge on any atom is -0.377 e. The van der Waals surface area contributed by atoms with Crippen molar-refractivity contribution in [1.82, 2.24) is 14.8 Å². The highest BCUT2D eigenvalue weighted by Gasteiger charge is 2.09. The third-order valence-corrected chi connectivity index (χ3v) is 3.41. The lowest BCUT2D eigenvalue weighted by Gasteiger charge is -2.17. The molecule has 3 aromatic rings. The van der Waals surface area contributed by atoms with Gasteiger partial charge in [-0.3, -0.25) is 9.67 Å². The van der Waals surface area contributed by atoms with Gasteiger partial charge in [-0.1, -0.05) is 24.3 Å². The van der Waals surface area contributed by atoms with Gasteiger partial charge in [0.15, 0.2) is 0 Å². The van der Waals surface area contributed by atoms with E-state index in [1.165, 1.54) is 5.56 Å². The minimum atomic E-state index is 0.157. The van der Waals surface area contributed by atoms with E-state index in [4.69, 9.17) is 0 Å². The predicted molar refractivity (Wildman–Crippen MR) is 84.0 cm³/mol. The summed E-state index contributed by atoms with van der Waals surface area (Å²) in [5.41, 5.74) is 3.36. The van der Waals surface area contributed by atoms with Crippen LogP contribution >= 0.6 is 0 Å². The molecular formula is C17H18N4. The zero-order valence-electron chi connectivity index (χ0n) is 12.0. The first-order valence-corrected chi connectivity index (χ1v) is 7.06. The number of anilines is 1. The summed E-state index contributed by atoms with van der Waals surface area (Å²) in [5, 5.41) is 7.80. The van der Waals surface area contributed by atoms with Gasteiger partial charge in [0.2, 0.25) is 0 Å². The van der Waals surface area contributed by atoms with Crippen LogP contribution in [-0.4, -0.2) is 14.8 Å². The Bertz CT molecular complexity index is 677. The van der Waals surface area contributed by atoms with E-state index in [1.54, 1.807) is 6.20 Å². The van der Waals surface area contributed by atoms with Gasteiger partial charge in [0.25, 0.3) is 0 Å². The van der Waals surface area contributed by atoms with Crippen LogP contribution in [0.5, 0.6) is 0 Å². The molecule has 2 heterocycles. The van der Waals surface area contributed by atoms with Crippen molar-refractivity contribution in [2.75, 3.05) is 5.32 Å². The van der Waals surface area contributed by atoms with E-state index in [0.29, 0.717) is 0 Å². The Balaban J connectivity index is 1.79. The van der Waals surface area contributed by atoms with E-state index in [9.17, 15) is 0 Å². The quantitative estimate of drug-likeness (QED) is 0.776. The molecule has 0 saturated carbocycles. The molecule has 0 amide bonds. The molecule has 0 saturated heterocycles. The van der Waals surface area contributed by atoms with E-state index in [1.807, 2.05) is 47.4 Å². The van der Waals surface area contributed by atoms with Gasteiger partial charge in [-0.05, 0) is 36.8 Å². The maximum Gasteiger partial charge on any atom is 0.0679 e. The monoisotopic (exact) mass is 278 g/mol. The van der Waals surface area contributed by atoms with E-state index in [2.05, 4.69) is 40.5 Å². The van der Waals surface area contributed by atoms with Crippen molar-refractivity contribution in [3.63, 3.8) is 0 Å². The Morgan fingerprint density at radius 2 is 1.90 bits per heavy atom. The van der Waals surface area contributed by atoms with Gasteiger partial charge < -0.3 is 5.32 Å². The fraction of sp³-hybridized carbons (Fsp3) is 0.176. The van der Waals surface area contributed by atoms with Crippen molar-refractivity contribution >= 4 is 5.69 Å². The Labute approximate surface area is 124 Å². The van der Waals surface area contributed by atoms with Crippen LogP contribution < -0.4 is 5.32 Å². The maximum atomic E-state index is 4.40. The Hall–Kier alpha value is -2.62. The molecule has 106 valence electrons. The topological polar surface area (TPSA) is 42.7 Å². The summed E-state index contributed by atoms with van der Waals surface area (Å²) >= 11 is 0. The Kier molecular flexibility index (Phi) is 3.96. The average Bonchev–Trinajstić information content (AvgIpc) is 3.03. The number of nitrogens with one attached hydrogen (secondary N) is 1. The third kappa shape index (κ3) is 3.28. The van der Waals surface area contributed by atoms with Crippen molar-refractivity contribution in [3.05, 3.63) is 78.4 Å². The van der Waals surface area contributed by atoms with E-state index < -0.39 is 0 Å². The Morgan fingerprint density at radius 3 is 2.67 bits per heavy atom. The molecule has 0 spiro atoms. The van der Waals surface area contributed by atoms with Crippen molar-refractivity contribution < 1.29 is 0 Å². The lowest BCUT2D eigenvalue weighted by atomic mass is 10.1. The van der Waals surface area contributed by atoms with Crippen LogP contribution in [0.4, 0.5) is 5.69 Å². The van der Waals surface area contributed by atoms with Gasteiger partial charge in [-0.2, -0.15) is 5.10 Å². The van der Waals surface area contributed by atoms with Crippen molar-refractivity contribution in [3.8, 4) is 0 Å². The number of aromatic nitrogens is 3. The highest BCUT2D eigenvalue weighted by molar-refractivity contribution is 5.52. The van der Waals surface area contributed by atoms with Gasteiger partial charge in [-0.25, -0.2) is 0 Å². The fourth-order valence-electron chi connectivity index (χ4n) is 2.31. The molecule has 1 N–H and O–H groups in total. The first-order chi connectivity index (χ1) is 10.3. The van der Waals surface area contributed by atoms with Gasteiger partial charge in [-0.15, -0.1) is 0 Å². The van der Waals surface area contributed by atoms with Crippen LogP contribution in [0.25, 0.3) is 0 Å². The highest BCUT2D eigenvalue weighted by atomic mass is 15.3. The molecule has 0 aliphatic carbocycles. The average molecular weight is 278 g/mol. The predicted octanol–water partition coefficient (Wildman–Crippen LogP) is 3.50. The molecule has 1 atom stereocenters. The number of hydrogen-bond donors (Lipinski definition) is 1. The lowest BCUT2D eigenvalue weighted by molar-refractivity contribution is 0.686. The van der Waals surface area contributed by atoms with Crippen LogP contribution in [0.2, 0.25) is 0 Å². The van der Waals surface area contributed by atoms with Crippen molar-refractivity contribution in [2.24, 2.45) is 0 Å². The van der Waals surface area contributed by atoms with Crippen molar-refractivity contribution in [1.29, 1.82) is 0 Å². The zero-order chi connectivity index (χ0) is 14.5. The van der Waals surface area contributed by atoms with Gasteiger partial charge in [0.1, 0.15) is 0 Å². The van der Waals surface area contributed by atoms with Gasteiger partial charge >= 0.3 is 0 Å². The van der Waals surface area contributed by atoms with Crippen LogP contribution in [0.1, 0.15) is 24.2 Å². The smallest absolute Gasteiger partial charge is 0.0679 e. The molecule has 1 aromatic carbocycles. The summed E-state index contributed by atoms with van der Waals surface area (Å²) in [5.74, 6) is 0. The SMILES string of the molecule is CC(Nc1ccccc1Cn1cccn1)c1ccccn1. The molecule has 0 aliphatic rings. The van der Waals surface area contributed by atoms with E-state index in [0.717, 1.165) is 17.9 Å². The maximum absolute atomic E-state index is 4.40. The van der Waals surface area contributed by atoms with E-state index >= 15 is 0 Å². The summed E-state index contributed by atoms with van der Waals surface area (Å²) in [6.07, 6.45) is 5.59. The minimum absolute atomic E-state index is 0.157. The molecule has 21 heavy (non-hydrogen) atoms. The molecule has 3 rings (SSSR count). The Morgan fingerprint density at radius 1 is 1.05 bits per heavy atom. The highest BCUT2D eigenvalue weighted by Crippen LogP contribution is 2.21. The van der Waals surface area contributed by atoms with Gasteiger partial charge in [0.05, 0.1) is 18.3 Å². The molecule has 0 fully saturated rings. The number of hydrogen-bond acceptors (Lipinski definition) is 3. The number of pyridine rings is 1. The first-order valence-electron chi connectivity index (χ1n) is 7.06. The third-order valence-electron chi connectivity index (χ3n) is 3.41. The fourth-order valence-corrected chi connectivity index (χ4v) is 2.31. The zero-order valence-corrected chi connectivity index (χ0v) is 12.0. The standard InChI is InChI=1S/C17H18N4/c1-14(16-8-4-5-10-18-16)20-17-9-3-2-7-15(17)13-21-12-6-11-19-21/h2-12,14,20H,13H2,1H3. The van der Waals surface area contributed by atoms with Crippen LogP contribution in [-0.2, 0) is 6.54 Å². The van der Waals surface area contributed by atoms with Crippen molar-refractivity contribution in [2.45, 2.75) is 19.5 Å². The lowest BCUT2D eigenvalue weighted by Crippen LogP contribution is -2.11. The second-order valence-electron chi connectivity index (χ2n) is 4.98. The molecule has 2 aromatic heterocycles. The summed E-state index contributed by atoms with van der Waals surface area (Å²) < 4.78 is 1.92. The second kappa shape index (κ2) is 6.22. The molecule has 4 heteroatoms. The molecule has 0 bridgehead atoms. The van der Waals surface area contributed by atoms with Crippen LogP contribution in [0, 0.1) is 0 Å². The number of nitrogens with zero attached hydrogens (tertiary/aromatic N) is 3. The largest absolute Gasteiger partial charge is 0.377 e. The first kappa shape index (κ1) is 13.4. The van der Waals surface area contributed by atoms with E-state index in [-0.39, 0.29) is 6.04 Å². The number of benzene rings is 1. The summed E-state index contributed by atoms with van der Waals surface area (Å²) in [7, 11) is 0.